The third kappa shape index (κ3) is 1.51. The van der Waals surface area contributed by atoms with Crippen LogP contribution in [0.2, 0.25) is 0 Å². The first-order chi connectivity index (χ1) is 7.48. The highest BCUT2D eigenvalue weighted by Gasteiger charge is 2.39. The average Bonchev–Trinajstić information content (AvgIpc) is 2.55. The van der Waals surface area contributed by atoms with Crippen LogP contribution >= 0.6 is 0 Å². The van der Waals surface area contributed by atoms with Gasteiger partial charge in [-0.05, 0) is 13.3 Å². The van der Waals surface area contributed by atoms with Gasteiger partial charge in [-0.15, -0.1) is 0 Å². The molecule has 0 aromatic carbocycles. The van der Waals surface area contributed by atoms with Gasteiger partial charge in [0.25, 0.3) is 0 Å². The summed E-state index contributed by atoms with van der Waals surface area (Å²) >= 11 is 0. The molecule has 88 valence electrons. The Morgan fingerprint density at radius 3 is 2.94 bits per heavy atom. The van der Waals surface area contributed by atoms with E-state index in [-0.39, 0.29) is 0 Å². The lowest BCUT2D eigenvalue weighted by Gasteiger charge is -2.31. The molecule has 0 saturated carbocycles. The number of aromatic nitrogens is 2. The van der Waals surface area contributed by atoms with Gasteiger partial charge in [-0.3, -0.25) is 4.79 Å². The number of imidazole rings is 1. The molecule has 3 N–H and O–H groups in total. The monoisotopic (exact) mass is 223 g/mol. The summed E-state index contributed by atoms with van der Waals surface area (Å²) in [5.41, 5.74) is 6.67. The van der Waals surface area contributed by atoms with E-state index in [0.717, 1.165) is 23.6 Å². The molecule has 1 atom stereocenters. The number of nitrogens with zero attached hydrogens (tertiary/aromatic N) is 2. The van der Waals surface area contributed by atoms with Gasteiger partial charge < -0.3 is 15.4 Å². The Morgan fingerprint density at radius 1 is 1.69 bits per heavy atom. The Bertz CT molecular complexity index is 439. The van der Waals surface area contributed by atoms with E-state index in [0.29, 0.717) is 19.4 Å². The fraction of sp³-hybridized carbons (Fsp3) is 0.636. The molecular formula is C11H17N3O2. The number of nitrogens with two attached hydrogens (primary N) is 1. The number of carbonyl (C=O) groups is 1. The maximum Gasteiger partial charge on any atom is 0.324 e. The van der Waals surface area contributed by atoms with E-state index in [1.165, 1.54) is 0 Å². The first-order valence-corrected chi connectivity index (χ1v) is 5.55. The molecule has 1 aromatic rings. The first kappa shape index (κ1) is 11.1. The molecule has 0 spiro atoms. The molecule has 1 unspecified atom stereocenters. The summed E-state index contributed by atoms with van der Waals surface area (Å²) < 4.78 is 2.11. The lowest BCUT2D eigenvalue weighted by atomic mass is 9.87. The number of aliphatic carboxylic acids is 1. The minimum atomic E-state index is -1.12. The fourth-order valence-electron chi connectivity index (χ4n) is 2.31. The standard InChI is InChI=1S/C11H17N3O2/c1-3-9-13-7(2)8-6-11(12,10(15)16)4-5-14(8)9/h3-6,12H2,1-2H3,(H,15,16). The lowest BCUT2D eigenvalue weighted by molar-refractivity contribution is -0.144. The van der Waals surface area contributed by atoms with Crippen LogP contribution in [0.4, 0.5) is 0 Å². The first-order valence-electron chi connectivity index (χ1n) is 5.55. The van der Waals surface area contributed by atoms with Crippen molar-refractivity contribution in [2.75, 3.05) is 0 Å². The fourth-order valence-corrected chi connectivity index (χ4v) is 2.31. The van der Waals surface area contributed by atoms with Crippen molar-refractivity contribution < 1.29 is 9.90 Å². The van der Waals surface area contributed by atoms with Gasteiger partial charge in [0.15, 0.2) is 0 Å². The molecular weight excluding hydrogens is 206 g/mol. The molecule has 1 aliphatic heterocycles. The number of rotatable bonds is 2. The smallest absolute Gasteiger partial charge is 0.324 e. The topological polar surface area (TPSA) is 81.1 Å². The van der Waals surface area contributed by atoms with Crippen LogP contribution in [0.25, 0.3) is 0 Å². The van der Waals surface area contributed by atoms with Gasteiger partial charge in [-0.25, -0.2) is 4.98 Å². The molecule has 2 heterocycles. The van der Waals surface area contributed by atoms with E-state index in [4.69, 9.17) is 10.8 Å². The molecule has 0 radical (unpaired) electrons. The summed E-state index contributed by atoms with van der Waals surface area (Å²) in [6.45, 7) is 4.62. The molecule has 16 heavy (non-hydrogen) atoms. The zero-order valence-corrected chi connectivity index (χ0v) is 9.66. The zero-order valence-electron chi connectivity index (χ0n) is 9.66. The maximum absolute atomic E-state index is 11.1. The van der Waals surface area contributed by atoms with Crippen molar-refractivity contribution in [3.63, 3.8) is 0 Å². The number of aryl methyl sites for hydroxylation is 2. The Morgan fingerprint density at radius 2 is 2.38 bits per heavy atom. The summed E-state index contributed by atoms with van der Waals surface area (Å²) in [5, 5.41) is 9.12. The van der Waals surface area contributed by atoms with Crippen LogP contribution in [0, 0.1) is 6.92 Å². The van der Waals surface area contributed by atoms with E-state index >= 15 is 0 Å². The molecule has 1 aromatic heterocycles. The Hall–Kier alpha value is -1.36. The van der Waals surface area contributed by atoms with Crippen LogP contribution in [0.5, 0.6) is 0 Å². The van der Waals surface area contributed by atoms with Crippen LogP contribution in [-0.4, -0.2) is 26.2 Å². The molecule has 0 saturated heterocycles. The highest BCUT2D eigenvalue weighted by molar-refractivity contribution is 5.79. The second-order valence-electron chi connectivity index (χ2n) is 4.45. The molecule has 5 nitrogen and oxygen atoms in total. The predicted octanol–water partition coefficient (Wildman–Crippen LogP) is 0.482. The second kappa shape index (κ2) is 3.59. The molecule has 0 bridgehead atoms. The van der Waals surface area contributed by atoms with E-state index in [1.54, 1.807) is 0 Å². The Balaban J connectivity index is 2.41. The minimum absolute atomic E-state index is 0.376. The molecule has 0 fully saturated rings. The van der Waals surface area contributed by atoms with Crippen molar-refractivity contribution in [2.45, 2.75) is 45.2 Å². The average molecular weight is 223 g/mol. The molecule has 1 aliphatic rings. The molecule has 0 aliphatic carbocycles. The van der Waals surface area contributed by atoms with E-state index in [2.05, 4.69) is 16.5 Å². The van der Waals surface area contributed by atoms with E-state index in [9.17, 15) is 4.79 Å². The minimum Gasteiger partial charge on any atom is -0.480 e. The lowest BCUT2D eigenvalue weighted by Crippen LogP contribution is -2.53. The number of hydrogen-bond donors (Lipinski definition) is 2. The van der Waals surface area contributed by atoms with Crippen molar-refractivity contribution in [1.29, 1.82) is 0 Å². The summed E-state index contributed by atoms with van der Waals surface area (Å²) in [5.74, 6) is 0.109. The predicted molar refractivity (Wildman–Crippen MR) is 59.2 cm³/mol. The van der Waals surface area contributed by atoms with Crippen molar-refractivity contribution >= 4 is 5.97 Å². The Labute approximate surface area is 94.3 Å². The summed E-state index contributed by atoms with van der Waals surface area (Å²) in [6.07, 6.45) is 1.71. The second-order valence-corrected chi connectivity index (χ2v) is 4.45. The molecule has 2 rings (SSSR count). The normalized spacial score (nSPS) is 24.2. The van der Waals surface area contributed by atoms with Gasteiger partial charge in [-0.1, -0.05) is 6.92 Å². The van der Waals surface area contributed by atoms with Crippen molar-refractivity contribution in [2.24, 2.45) is 5.73 Å². The summed E-state index contributed by atoms with van der Waals surface area (Å²) in [4.78, 5) is 15.6. The largest absolute Gasteiger partial charge is 0.480 e. The number of fused-ring (bicyclic) bond motifs is 1. The van der Waals surface area contributed by atoms with E-state index < -0.39 is 11.5 Å². The summed E-state index contributed by atoms with van der Waals surface area (Å²) in [6, 6.07) is 0. The quantitative estimate of drug-likeness (QED) is 0.764. The maximum atomic E-state index is 11.1. The van der Waals surface area contributed by atoms with Gasteiger partial charge in [-0.2, -0.15) is 0 Å². The van der Waals surface area contributed by atoms with E-state index in [1.807, 2.05) is 6.92 Å². The SMILES string of the molecule is CCc1nc(C)c2n1CCC(N)(C(=O)O)C2. The molecule has 0 amide bonds. The van der Waals surface area contributed by atoms with Crippen LogP contribution in [0.1, 0.15) is 30.6 Å². The third-order valence-electron chi connectivity index (χ3n) is 3.36. The number of hydrogen-bond acceptors (Lipinski definition) is 3. The van der Waals surface area contributed by atoms with Crippen LogP contribution in [0.3, 0.4) is 0 Å². The van der Waals surface area contributed by atoms with Gasteiger partial charge in [0, 0.05) is 25.1 Å². The van der Waals surface area contributed by atoms with Crippen LogP contribution in [0.15, 0.2) is 0 Å². The number of carboxylic acids is 1. The van der Waals surface area contributed by atoms with Crippen molar-refractivity contribution in [3.05, 3.63) is 17.2 Å². The third-order valence-corrected chi connectivity index (χ3v) is 3.36. The van der Waals surface area contributed by atoms with Gasteiger partial charge in [0.05, 0.1) is 5.69 Å². The van der Waals surface area contributed by atoms with Crippen LogP contribution in [-0.2, 0) is 24.2 Å². The van der Waals surface area contributed by atoms with Gasteiger partial charge in [0.2, 0.25) is 0 Å². The van der Waals surface area contributed by atoms with Crippen molar-refractivity contribution in [3.8, 4) is 0 Å². The summed E-state index contributed by atoms with van der Waals surface area (Å²) in [7, 11) is 0. The number of carboxylic acid groups (broad SMARTS) is 1. The van der Waals surface area contributed by atoms with Crippen molar-refractivity contribution in [1.82, 2.24) is 9.55 Å². The van der Waals surface area contributed by atoms with Gasteiger partial charge in [0.1, 0.15) is 11.4 Å². The Kier molecular flexibility index (Phi) is 2.50. The molecule has 5 heteroatoms. The van der Waals surface area contributed by atoms with Crippen LogP contribution < -0.4 is 5.73 Å². The highest BCUT2D eigenvalue weighted by atomic mass is 16.4. The highest BCUT2D eigenvalue weighted by Crippen LogP contribution is 2.26. The van der Waals surface area contributed by atoms with Gasteiger partial charge >= 0.3 is 5.97 Å². The zero-order chi connectivity index (χ0) is 11.9.